The number of halogens is 5. The van der Waals surface area contributed by atoms with Gasteiger partial charge in [0.05, 0.1) is 0 Å². The molecule has 1 atom stereocenters. The quantitative estimate of drug-likeness (QED) is 0.143. The summed E-state index contributed by atoms with van der Waals surface area (Å²) in [6.07, 6.45) is -0.264. The maximum Gasteiger partial charge on any atom is 0.404 e. The van der Waals surface area contributed by atoms with Crippen molar-refractivity contribution in [2.75, 3.05) is 0 Å². The van der Waals surface area contributed by atoms with E-state index < -0.39 is 41.4 Å². The van der Waals surface area contributed by atoms with E-state index in [4.69, 9.17) is 4.74 Å². The number of hydrogen-bond donors (Lipinski definition) is 0. The molecule has 2 rings (SSSR count). The zero-order valence-electron chi connectivity index (χ0n) is 19.3. The third kappa shape index (κ3) is 6.55. The fourth-order valence-corrected chi connectivity index (χ4v) is 3.63. The molecule has 0 amide bonds. The van der Waals surface area contributed by atoms with Crippen LogP contribution < -0.4 is 4.74 Å². The van der Waals surface area contributed by atoms with Gasteiger partial charge in [-0.05, 0) is 43.0 Å². The van der Waals surface area contributed by atoms with Gasteiger partial charge in [-0.2, -0.15) is 17.6 Å². The standard InChI is InChI=1S/C26H31F5O2/c1-4-6-7-8-9-17-25(3,26(29,30)31)24(32)33-21-16-15-20(22(27)23(21)28)19-13-11-18(10-5-2)12-14-19/h11-16H,4-10,17H2,1-3H3. The Bertz CT molecular complexity index is 922. The maximum atomic E-state index is 14.7. The predicted molar refractivity (Wildman–Crippen MR) is 119 cm³/mol. The van der Waals surface area contributed by atoms with Gasteiger partial charge in [-0.1, -0.05) is 76.6 Å². The molecule has 0 saturated heterocycles. The van der Waals surface area contributed by atoms with Gasteiger partial charge in [-0.15, -0.1) is 0 Å². The Morgan fingerprint density at radius 3 is 2.06 bits per heavy atom. The minimum Gasteiger partial charge on any atom is -0.423 e. The van der Waals surface area contributed by atoms with Crippen molar-refractivity contribution in [2.45, 2.75) is 78.3 Å². The lowest BCUT2D eigenvalue weighted by Gasteiger charge is -2.29. The molecule has 0 N–H and O–H groups in total. The van der Waals surface area contributed by atoms with Crippen molar-refractivity contribution in [2.24, 2.45) is 5.41 Å². The van der Waals surface area contributed by atoms with Crippen LogP contribution in [0.1, 0.15) is 71.3 Å². The largest absolute Gasteiger partial charge is 0.423 e. The van der Waals surface area contributed by atoms with Crippen molar-refractivity contribution in [3.8, 4) is 16.9 Å². The van der Waals surface area contributed by atoms with Crippen LogP contribution >= 0.6 is 0 Å². The molecular formula is C26H31F5O2. The minimum absolute atomic E-state index is 0.0649. The van der Waals surface area contributed by atoms with E-state index in [9.17, 15) is 26.7 Å². The number of carbonyl (C=O) groups is 1. The monoisotopic (exact) mass is 470 g/mol. The number of carbonyl (C=O) groups excluding carboxylic acids is 1. The number of alkyl halides is 3. The van der Waals surface area contributed by atoms with E-state index in [1.165, 1.54) is 6.07 Å². The van der Waals surface area contributed by atoms with E-state index in [0.717, 1.165) is 50.7 Å². The summed E-state index contributed by atoms with van der Waals surface area (Å²) in [5.41, 5.74) is -1.41. The first-order valence-corrected chi connectivity index (χ1v) is 11.4. The van der Waals surface area contributed by atoms with Gasteiger partial charge in [0, 0.05) is 5.56 Å². The lowest BCUT2D eigenvalue weighted by Crippen LogP contribution is -2.45. The predicted octanol–water partition coefficient (Wildman–Crippen LogP) is 8.42. The molecule has 1 unspecified atom stereocenters. The van der Waals surface area contributed by atoms with E-state index in [-0.39, 0.29) is 12.0 Å². The highest BCUT2D eigenvalue weighted by Gasteiger charge is 2.57. The maximum absolute atomic E-state index is 14.7. The summed E-state index contributed by atoms with van der Waals surface area (Å²) in [4.78, 5) is 12.5. The van der Waals surface area contributed by atoms with Crippen molar-refractivity contribution < 1.29 is 31.5 Å². The summed E-state index contributed by atoms with van der Waals surface area (Å²) in [5, 5.41) is 0. The molecule has 0 aromatic heterocycles. The topological polar surface area (TPSA) is 26.3 Å². The van der Waals surface area contributed by atoms with Gasteiger partial charge in [0.25, 0.3) is 0 Å². The molecule has 182 valence electrons. The Hall–Kier alpha value is -2.44. The normalized spacial score (nSPS) is 13.6. The van der Waals surface area contributed by atoms with Gasteiger partial charge in [0.2, 0.25) is 5.82 Å². The highest BCUT2D eigenvalue weighted by atomic mass is 19.4. The molecule has 2 aromatic rings. The first-order chi connectivity index (χ1) is 15.5. The van der Waals surface area contributed by atoms with E-state index in [1.807, 2.05) is 13.8 Å². The third-order valence-electron chi connectivity index (χ3n) is 5.91. The van der Waals surface area contributed by atoms with Crippen molar-refractivity contribution in [1.29, 1.82) is 0 Å². The van der Waals surface area contributed by atoms with Crippen molar-refractivity contribution in [3.63, 3.8) is 0 Å². The number of hydrogen-bond acceptors (Lipinski definition) is 2. The summed E-state index contributed by atoms with van der Waals surface area (Å²) in [6, 6.07) is 9.09. The van der Waals surface area contributed by atoms with Crippen LogP contribution in [-0.2, 0) is 11.2 Å². The zero-order valence-corrected chi connectivity index (χ0v) is 19.3. The molecule has 0 spiro atoms. The van der Waals surface area contributed by atoms with Crippen LogP contribution in [-0.4, -0.2) is 12.1 Å². The number of ether oxygens (including phenoxy) is 1. The minimum atomic E-state index is -4.88. The molecule has 0 aliphatic heterocycles. The van der Waals surface area contributed by atoms with Gasteiger partial charge in [-0.3, -0.25) is 4.79 Å². The van der Waals surface area contributed by atoms with Crippen molar-refractivity contribution in [3.05, 3.63) is 53.6 Å². The first kappa shape index (κ1) is 26.8. The molecule has 0 saturated carbocycles. The van der Waals surface area contributed by atoms with Crippen LogP contribution in [0.2, 0.25) is 0 Å². The highest BCUT2D eigenvalue weighted by Crippen LogP contribution is 2.44. The fraction of sp³-hybridized carbons (Fsp3) is 0.500. The molecular weight excluding hydrogens is 439 g/mol. The van der Waals surface area contributed by atoms with Crippen molar-refractivity contribution >= 4 is 5.97 Å². The number of esters is 1. The van der Waals surface area contributed by atoms with E-state index in [1.54, 1.807) is 24.3 Å². The molecule has 2 nitrogen and oxygen atoms in total. The Labute approximate surface area is 192 Å². The third-order valence-corrected chi connectivity index (χ3v) is 5.91. The van der Waals surface area contributed by atoms with Crippen LogP contribution in [0.4, 0.5) is 22.0 Å². The Kier molecular flexibility index (Phi) is 9.44. The Balaban J connectivity index is 2.22. The van der Waals surface area contributed by atoms with E-state index in [0.29, 0.717) is 12.0 Å². The second-order valence-corrected chi connectivity index (χ2v) is 8.57. The van der Waals surface area contributed by atoms with Crippen LogP contribution in [0.3, 0.4) is 0 Å². The molecule has 2 aromatic carbocycles. The molecule has 0 radical (unpaired) electrons. The summed E-state index contributed by atoms with van der Waals surface area (Å²) < 4.78 is 75.3. The van der Waals surface area contributed by atoms with Crippen LogP contribution in [0, 0.1) is 17.0 Å². The number of unbranched alkanes of at least 4 members (excludes halogenated alkanes) is 4. The zero-order chi connectivity index (χ0) is 24.6. The number of rotatable bonds is 11. The van der Waals surface area contributed by atoms with Crippen LogP contribution in [0.15, 0.2) is 36.4 Å². The lowest BCUT2D eigenvalue weighted by atomic mass is 9.83. The second kappa shape index (κ2) is 11.6. The molecule has 7 heteroatoms. The molecule has 0 aliphatic carbocycles. The smallest absolute Gasteiger partial charge is 0.404 e. The summed E-state index contributed by atoms with van der Waals surface area (Å²) >= 11 is 0. The lowest BCUT2D eigenvalue weighted by molar-refractivity contribution is -0.227. The molecule has 33 heavy (non-hydrogen) atoms. The summed E-state index contributed by atoms with van der Waals surface area (Å²) in [7, 11) is 0. The first-order valence-electron chi connectivity index (χ1n) is 11.4. The van der Waals surface area contributed by atoms with Crippen LogP contribution in [0.25, 0.3) is 11.1 Å². The SMILES string of the molecule is CCCCCCCC(C)(C(=O)Oc1ccc(-c2ccc(CCC)cc2)c(F)c1F)C(F)(F)F. The highest BCUT2D eigenvalue weighted by molar-refractivity contribution is 5.80. The van der Waals surface area contributed by atoms with Gasteiger partial charge in [-0.25, -0.2) is 4.39 Å². The van der Waals surface area contributed by atoms with Gasteiger partial charge in [0.15, 0.2) is 17.0 Å². The average Bonchev–Trinajstić information content (AvgIpc) is 2.77. The van der Waals surface area contributed by atoms with Crippen LogP contribution in [0.5, 0.6) is 5.75 Å². The van der Waals surface area contributed by atoms with E-state index >= 15 is 0 Å². The fourth-order valence-electron chi connectivity index (χ4n) is 3.63. The Morgan fingerprint density at radius 1 is 0.848 bits per heavy atom. The summed E-state index contributed by atoms with van der Waals surface area (Å²) in [6.45, 7) is 4.76. The number of aryl methyl sites for hydroxylation is 1. The molecule has 0 fully saturated rings. The molecule has 0 bridgehead atoms. The second-order valence-electron chi connectivity index (χ2n) is 8.57. The molecule has 0 heterocycles. The number of benzene rings is 2. The summed E-state index contributed by atoms with van der Waals surface area (Å²) in [5.74, 6) is -5.27. The Morgan fingerprint density at radius 2 is 1.48 bits per heavy atom. The average molecular weight is 471 g/mol. The van der Waals surface area contributed by atoms with Gasteiger partial charge in [0.1, 0.15) is 0 Å². The van der Waals surface area contributed by atoms with Gasteiger partial charge >= 0.3 is 12.1 Å². The van der Waals surface area contributed by atoms with Gasteiger partial charge < -0.3 is 4.74 Å². The van der Waals surface area contributed by atoms with Crippen molar-refractivity contribution in [1.82, 2.24) is 0 Å². The molecule has 0 aliphatic rings. The van der Waals surface area contributed by atoms with E-state index in [2.05, 4.69) is 0 Å².